The molecule has 3 heteroatoms. The average molecular weight is 168 g/mol. The van der Waals surface area contributed by atoms with Crippen LogP contribution in [-0.2, 0) is 5.88 Å². The first-order chi connectivity index (χ1) is 5.42. The third-order valence-electron chi connectivity index (χ3n) is 1.58. The summed E-state index contributed by atoms with van der Waals surface area (Å²) in [5.74, 6) is 0.442. The van der Waals surface area contributed by atoms with Gasteiger partial charge in [-0.25, -0.2) is 0 Å². The number of pyridine rings is 1. The highest BCUT2D eigenvalue weighted by Gasteiger charge is 2.01. The van der Waals surface area contributed by atoms with E-state index in [1.54, 1.807) is 18.7 Å². The Labute approximate surface area is 68.8 Å². The zero-order valence-electron chi connectivity index (χ0n) is 5.75. The topological polar surface area (TPSA) is 26.0 Å². The molecule has 0 saturated heterocycles. The van der Waals surface area contributed by atoms with E-state index in [2.05, 4.69) is 4.98 Å². The Hall–Kier alpha value is -1.02. The van der Waals surface area contributed by atoms with Gasteiger partial charge in [0.2, 0.25) is 0 Å². The van der Waals surface area contributed by atoms with E-state index in [0.29, 0.717) is 5.88 Å². The summed E-state index contributed by atoms with van der Waals surface area (Å²) < 4.78 is 5.22. The molecule has 0 amide bonds. The fourth-order valence-electron chi connectivity index (χ4n) is 1.04. The maximum Gasteiger partial charge on any atom is 0.141 e. The predicted molar refractivity (Wildman–Crippen MR) is 43.6 cm³/mol. The van der Waals surface area contributed by atoms with Gasteiger partial charge in [-0.3, -0.25) is 4.98 Å². The van der Waals surface area contributed by atoms with E-state index in [9.17, 15) is 0 Å². The van der Waals surface area contributed by atoms with Gasteiger partial charge in [-0.2, -0.15) is 0 Å². The molecule has 2 aromatic heterocycles. The maximum atomic E-state index is 5.66. The van der Waals surface area contributed by atoms with Crippen molar-refractivity contribution in [2.45, 2.75) is 5.88 Å². The SMILES string of the molecule is ClCc1cncc2ccoc12. The van der Waals surface area contributed by atoms with E-state index in [-0.39, 0.29) is 0 Å². The number of halogens is 1. The van der Waals surface area contributed by atoms with Crippen LogP contribution < -0.4 is 0 Å². The summed E-state index contributed by atoms with van der Waals surface area (Å²) in [7, 11) is 0. The second-order valence-corrected chi connectivity index (χ2v) is 2.54. The van der Waals surface area contributed by atoms with Crippen LogP contribution in [-0.4, -0.2) is 4.98 Å². The summed E-state index contributed by atoms with van der Waals surface area (Å²) in [6.07, 6.45) is 5.12. The lowest BCUT2D eigenvalue weighted by Gasteiger charge is -1.93. The molecule has 2 rings (SSSR count). The largest absolute Gasteiger partial charge is 0.464 e. The maximum absolute atomic E-state index is 5.66. The first-order valence-electron chi connectivity index (χ1n) is 3.28. The minimum absolute atomic E-state index is 0.442. The number of nitrogens with zero attached hydrogens (tertiary/aromatic N) is 1. The Morgan fingerprint density at radius 3 is 3.18 bits per heavy atom. The van der Waals surface area contributed by atoms with E-state index in [1.807, 2.05) is 6.07 Å². The van der Waals surface area contributed by atoms with Gasteiger partial charge in [0.15, 0.2) is 0 Å². The van der Waals surface area contributed by atoms with Crippen LogP contribution in [0.3, 0.4) is 0 Å². The minimum Gasteiger partial charge on any atom is -0.464 e. The smallest absolute Gasteiger partial charge is 0.141 e. The molecular formula is C8H6ClNO. The Balaban J connectivity index is 2.79. The van der Waals surface area contributed by atoms with Crippen molar-refractivity contribution in [2.24, 2.45) is 0 Å². The highest BCUT2D eigenvalue weighted by atomic mass is 35.5. The van der Waals surface area contributed by atoms with Gasteiger partial charge in [0, 0.05) is 23.3 Å². The average Bonchev–Trinajstić information content (AvgIpc) is 2.50. The Bertz CT molecular complexity index is 369. The molecule has 2 heterocycles. The summed E-state index contributed by atoms with van der Waals surface area (Å²) >= 11 is 5.66. The van der Waals surface area contributed by atoms with E-state index in [4.69, 9.17) is 16.0 Å². The molecule has 11 heavy (non-hydrogen) atoms. The lowest BCUT2D eigenvalue weighted by Crippen LogP contribution is -1.80. The number of aromatic nitrogens is 1. The first-order valence-corrected chi connectivity index (χ1v) is 3.81. The fourth-order valence-corrected chi connectivity index (χ4v) is 1.23. The molecule has 0 saturated carbocycles. The Kier molecular flexibility index (Phi) is 1.55. The molecule has 0 aliphatic carbocycles. The van der Waals surface area contributed by atoms with Crippen molar-refractivity contribution in [3.8, 4) is 0 Å². The molecule has 0 atom stereocenters. The summed E-state index contributed by atoms with van der Waals surface area (Å²) in [5, 5.41) is 1.00. The lowest BCUT2D eigenvalue weighted by atomic mass is 10.2. The van der Waals surface area contributed by atoms with Crippen LogP contribution in [0.15, 0.2) is 29.1 Å². The molecule has 56 valence electrons. The summed E-state index contributed by atoms with van der Waals surface area (Å²) in [6, 6.07) is 1.87. The van der Waals surface area contributed by atoms with Gasteiger partial charge in [0.25, 0.3) is 0 Å². The van der Waals surface area contributed by atoms with Crippen molar-refractivity contribution >= 4 is 22.6 Å². The van der Waals surface area contributed by atoms with Crippen LogP contribution in [0.5, 0.6) is 0 Å². The fraction of sp³-hybridized carbons (Fsp3) is 0.125. The van der Waals surface area contributed by atoms with Crippen molar-refractivity contribution in [3.05, 3.63) is 30.3 Å². The number of hydrogen-bond acceptors (Lipinski definition) is 2. The molecular weight excluding hydrogens is 162 g/mol. The highest BCUT2D eigenvalue weighted by molar-refractivity contribution is 6.17. The standard InChI is InChI=1S/C8H6ClNO/c9-3-7-5-10-4-6-1-2-11-8(6)7/h1-2,4-5H,3H2. The monoisotopic (exact) mass is 167 g/mol. The van der Waals surface area contributed by atoms with E-state index < -0.39 is 0 Å². The quantitative estimate of drug-likeness (QED) is 0.611. The first kappa shape index (κ1) is 6.68. The third kappa shape index (κ3) is 0.994. The van der Waals surface area contributed by atoms with Crippen molar-refractivity contribution in [2.75, 3.05) is 0 Å². The lowest BCUT2D eigenvalue weighted by molar-refractivity contribution is 0.612. The molecule has 0 fully saturated rings. The zero-order chi connectivity index (χ0) is 7.68. The van der Waals surface area contributed by atoms with Gasteiger partial charge >= 0.3 is 0 Å². The van der Waals surface area contributed by atoms with E-state index in [1.165, 1.54) is 0 Å². The van der Waals surface area contributed by atoms with Crippen LogP contribution >= 0.6 is 11.6 Å². The number of rotatable bonds is 1. The normalized spacial score (nSPS) is 10.6. The van der Waals surface area contributed by atoms with E-state index >= 15 is 0 Å². The molecule has 2 nitrogen and oxygen atoms in total. The highest BCUT2D eigenvalue weighted by Crippen LogP contribution is 2.19. The van der Waals surface area contributed by atoms with Crippen LogP contribution in [0.2, 0.25) is 0 Å². The molecule has 0 N–H and O–H groups in total. The predicted octanol–water partition coefficient (Wildman–Crippen LogP) is 2.57. The summed E-state index contributed by atoms with van der Waals surface area (Å²) in [6.45, 7) is 0. The Morgan fingerprint density at radius 2 is 2.36 bits per heavy atom. The van der Waals surface area contributed by atoms with Crippen LogP contribution in [0.25, 0.3) is 11.0 Å². The minimum atomic E-state index is 0.442. The molecule has 0 aliphatic rings. The third-order valence-corrected chi connectivity index (χ3v) is 1.86. The van der Waals surface area contributed by atoms with Crippen molar-refractivity contribution in [1.29, 1.82) is 0 Å². The zero-order valence-corrected chi connectivity index (χ0v) is 6.51. The van der Waals surface area contributed by atoms with Crippen LogP contribution in [0, 0.1) is 0 Å². The molecule has 0 aromatic carbocycles. The molecule has 0 spiro atoms. The number of hydrogen-bond donors (Lipinski definition) is 0. The molecule has 2 aromatic rings. The second-order valence-electron chi connectivity index (χ2n) is 2.27. The summed E-state index contributed by atoms with van der Waals surface area (Å²) in [5.41, 5.74) is 1.78. The number of alkyl halides is 1. The number of fused-ring (bicyclic) bond motifs is 1. The van der Waals surface area contributed by atoms with Gasteiger partial charge in [-0.05, 0) is 6.07 Å². The van der Waals surface area contributed by atoms with Gasteiger partial charge in [0.1, 0.15) is 5.58 Å². The molecule has 0 bridgehead atoms. The van der Waals surface area contributed by atoms with Crippen LogP contribution in [0.1, 0.15) is 5.56 Å². The van der Waals surface area contributed by atoms with Crippen LogP contribution in [0.4, 0.5) is 0 Å². The molecule has 0 unspecified atom stereocenters. The molecule has 0 radical (unpaired) electrons. The van der Waals surface area contributed by atoms with Gasteiger partial charge < -0.3 is 4.42 Å². The summed E-state index contributed by atoms with van der Waals surface area (Å²) in [4.78, 5) is 4.01. The number of furan rings is 1. The second kappa shape index (κ2) is 2.55. The van der Waals surface area contributed by atoms with Crippen molar-refractivity contribution in [3.63, 3.8) is 0 Å². The van der Waals surface area contributed by atoms with Gasteiger partial charge in [0.05, 0.1) is 12.1 Å². The van der Waals surface area contributed by atoms with Gasteiger partial charge in [-0.15, -0.1) is 11.6 Å². The van der Waals surface area contributed by atoms with Gasteiger partial charge in [-0.1, -0.05) is 0 Å². The van der Waals surface area contributed by atoms with Crippen molar-refractivity contribution < 1.29 is 4.42 Å². The van der Waals surface area contributed by atoms with E-state index in [0.717, 1.165) is 16.5 Å². The Morgan fingerprint density at radius 1 is 1.45 bits per heavy atom. The molecule has 0 aliphatic heterocycles. The van der Waals surface area contributed by atoms with Crippen molar-refractivity contribution in [1.82, 2.24) is 4.98 Å².